The minimum absolute atomic E-state index is 0.0206. The third-order valence-electron chi connectivity index (χ3n) is 6.92. The Morgan fingerprint density at radius 1 is 1.14 bits per heavy atom. The van der Waals surface area contributed by atoms with Crippen molar-refractivity contribution < 1.29 is 19.1 Å². The quantitative estimate of drug-likeness (QED) is 0.470. The summed E-state index contributed by atoms with van der Waals surface area (Å²) >= 11 is 0. The second-order valence-electron chi connectivity index (χ2n) is 9.39. The first-order valence-electron chi connectivity index (χ1n) is 12.5. The van der Waals surface area contributed by atoms with Crippen LogP contribution in [0.3, 0.4) is 0 Å². The molecule has 196 valence electrons. The molecule has 5 rings (SSSR count). The predicted molar refractivity (Wildman–Crippen MR) is 138 cm³/mol. The lowest BCUT2D eigenvalue weighted by molar-refractivity contribution is -0.133. The molecule has 2 saturated heterocycles. The fourth-order valence-electron chi connectivity index (χ4n) is 4.90. The number of methoxy groups -OCH3 is 1. The van der Waals surface area contributed by atoms with Crippen molar-refractivity contribution in [1.29, 1.82) is 0 Å². The molecule has 4 N–H and O–H groups in total. The van der Waals surface area contributed by atoms with Gasteiger partial charge in [0.15, 0.2) is 5.65 Å². The zero-order chi connectivity index (χ0) is 25.9. The number of nitrogens with zero attached hydrogens (tertiary/aromatic N) is 5. The molecule has 0 saturated carbocycles. The van der Waals surface area contributed by atoms with Gasteiger partial charge in [0.05, 0.1) is 43.1 Å². The molecule has 12 heteroatoms. The van der Waals surface area contributed by atoms with Gasteiger partial charge in [-0.25, -0.2) is 9.78 Å². The molecule has 2 amide bonds. The molecule has 0 spiro atoms. The van der Waals surface area contributed by atoms with Gasteiger partial charge < -0.3 is 25.0 Å². The second-order valence-corrected chi connectivity index (χ2v) is 9.39. The number of hydrogen-bond acceptors (Lipinski definition) is 9. The maximum absolute atomic E-state index is 12.4. The van der Waals surface area contributed by atoms with Crippen molar-refractivity contribution in [1.82, 2.24) is 25.1 Å². The van der Waals surface area contributed by atoms with Crippen molar-refractivity contribution >= 4 is 34.7 Å². The van der Waals surface area contributed by atoms with E-state index in [9.17, 15) is 9.59 Å². The first kappa shape index (κ1) is 24.9. The minimum atomic E-state index is -0.530. The highest BCUT2D eigenvalue weighted by molar-refractivity contribution is 5.94. The van der Waals surface area contributed by atoms with Gasteiger partial charge in [-0.1, -0.05) is 12.1 Å². The summed E-state index contributed by atoms with van der Waals surface area (Å²) in [5.41, 5.74) is 9.66. The normalized spacial score (nSPS) is 17.6. The SMILES string of the molecule is COC(=O)Nc1ccc(-c2nc(N3CCOCC3)nc3n[nH]c(C4CCN(C(=O)[C@H](C)N)CC4)c23)cc1. The summed E-state index contributed by atoms with van der Waals surface area (Å²) < 4.78 is 10.2. The number of nitrogens with two attached hydrogens (primary N) is 1. The number of nitrogens with one attached hydrogen (secondary N) is 2. The van der Waals surface area contributed by atoms with Crippen LogP contribution in [0, 0.1) is 0 Å². The van der Waals surface area contributed by atoms with E-state index in [1.165, 1.54) is 7.11 Å². The van der Waals surface area contributed by atoms with E-state index < -0.39 is 12.1 Å². The molecular formula is C25H32N8O4. The predicted octanol–water partition coefficient (Wildman–Crippen LogP) is 2.09. The molecule has 1 atom stereocenters. The number of piperidine rings is 1. The molecule has 37 heavy (non-hydrogen) atoms. The highest BCUT2D eigenvalue weighted by atomic mass is 16.5. The van der Waals surface area contributed by atoms with Gasteiger partial charge in [0.1, 0.15) is 0 Å². The van der Waals surface area contributed by atoms with Crippen LogP contribution < -0.4 is 16.0 Å². The van der Waals surface area contributed by atoms with Gasteiger partial charge in [-0.2, -0.15) is 10.1 Å². The van der Waals surface area contributed by atoms with E-state index in [2.05, 4.69) is 25.2 Å². The minimum Gasteiger partial charge on any atom is -0.453 e. The topological polar surface area (TPSA) is 152 Å². The number of rotatable bonds is 5. The Kier molecular flexibility index (Phi) is 7.19. The number of morpholine rings is 1. The van der Waals surface area contributed by atoms with Gasteiger partial charge in [0.25, 0.3) is 0 Å². The number of carbonyl (C=O) groups excluding carboxylic acids is 2. The van der Waals surface area contributed by atoms with Crippen LogP contribution in [0.4, 0.5) is 16.4 Å². The summed E-state index contributed by atoms with van der Waals surface area (Å²) in [7, 11) is 1.33. The van der Waals surface area contributed by atoms with E-state index in [-0.39, 0.29) is 11.8 Å². The molecule has 2 fully saturated rings. The first-order valence-corrected chi connectivity index (χ1v) is 12.5. The fourth-order valence-corrected chi connectivity index (χ4v) is 4.90. The van der Waals surface area contributed by atoms with Crippen molar-refractivity contribution in [2.75, 3.05) is 56.7 Å². The number of H-pyrrole nitrogens is 1. The highest BCUT2D eigenvalue weighted by Gasteiger charge is 2.29. The van der Waals surface area contributed by atoms with Crippen LogP contribution in [0.2, 0.25) is 0 Å². The largest absolute Gasteiger partial charge is 0.453 e. The zero-order valence-corrected chi connectivity index (χ0v) is 21.1. The van der Waals surface area contributed by atoms with Crippen LogP contribution in [0.15, 0.2) is 24.3 Å². The lowest BCUT2D eigenvalue weighted by atomic mass is 9.90. The average molecular weight is 509 g/mol. The van der Waals surface area contributed by atoms with Crippen LogP contribution >= 0.6 is 0 Å². The van der Waals surface area contributed by atoms with E-state index in [1.54, 1.807) is 6.92 Å². The first-order chi connectivity index (χ1) is 17.9. The summed E-state index contributed by atoms with van der Waals surface area (Å²) in [6.07, 6.45) is 1.06. The van der Waals surface area contributed by atoms with Gasteiger partial charge >= 0.3 is 6.09 Å². The molecule has 0 radical (unpaired) electrons. The van der Waals surface area contributed by atoms with Gasteiger partial charge in [-0.3, -0.25) is 15.2 Å². The number of anilines is 2. The van der Waals surface area contributed by atoms with E-state index in [0.29, 0.717) is 56.7 Å². The number of fused-ring (bicyclic) bond motifs is 1. The summed E-state index contributed by atoms with van der Waals surface area (Å²) in [6, 6.07) is 6.95. The van der Waals surface area contributed by atoms with Crippen molar-refractivity contribution in [2.24, 2.45) is 5.73 Å². The third-order valence-corrected chi connectivity index (χ3v) is 6.92. The molecule has 0 bridgehead atoms. The number of aromatic nitrogens is 4. The Balaban J connectivity index is 1.51. The standard InChI is InChI=1S/C25H32N8O4/c1-15(26)23(34)32-9-7-17(8-10-32)21-19-20(16-3-5-18(6-4-16)27-25(35)36-2)28-24(29-22(19)31-30-21)33-11-13-37-14-12-33/h3-6,15,17H,7-14,26H2,1-2H3,(H,27,35)(H,28,29,30,31)/t15-/m0/s1. The molecule has 0 aliphatic carbocycles. The number of likely N-dealkylation sites (tertiary alicyclic amines) is 1. The lowest BCUT2D eigenvalue weighted by Crippen LogP contribution is -2.45. The Labute approximate surface area is 214 Å². The van der Waals surface area contributed by atoms with Crippen LogP contribution in [0.5, 0.6) is 0 Å². The van der Waals surface area contributed by atoms with Crippen LogP contribution in [0.1, 0.15) is 31.4 Å². The van der Waals surface area contributed by atoms with Crippen LogP contribution in [0.25, 0.3) is 22.3 Å². The van der Waals surface area contributed by atoms with Crippen LogP contribution in [-0.4, -0.2) is 89.6 Å². The number of benzene rings is 1. The molecule has 4 heterocycles. The molecule has 2 aliphatic rings. The second kappa shape index (κ2) is 10.7. The van der Waals surface area contributed by atoms with Gasteiger partial charge in [-0.05, 0) is 31.9 Å². The molecule has 0 unspecified atom stereocenters. The number of amides is 2. The van der Waals surface area contributed by atoms with E-state index >= 15 is 0 Å². The summed E-state index contributed by atoms with van der Waals surface area (Å²) in [4.78, 5) is 37.7. The molecular weight excluding hydrogens is 476 g/mol. The highest BCUT2D eigenvalue weighted by Crippen LogP contribution is 2.37. The summed E-state index contributed by atoms with van der Waals surface area (Å²) in [5.74, 6) is 0.768. The van der Waals surface area contributed by atoms with Crippen LogP contribution in [-0.2, 0) is 14.3 Å². The zero-order valence-electron chi connectivity index (χ0n) is 21.1. The maximum atomic E-state index is 12.4. The van der Waals surface area contributed by atoms with E-state index in [1.807, 2.05) is 29.2 Å². The third kappa shape index (κ3) is 5.20. The molecule has 2 aliphatic heterocycles. The van der Waals surface area contributed by atoms with Gasteiger partial charge in [-0.15, -0.1) is 0 Å². The van der Waals surface area contributed by atoms with Gasteiger partial charge in [0, 0.05) is 43.3 Å². The lowest BCUT2D eigenvalue weighted by Gasteiger charge is -2.32. The van der Waals surface area contributed by atoms with Crippen molar-refractivity contribution in [3.63, 3.8) is 0 Å². The Bertz CT molecular complexity index is 1260. The summed E-state index contributed by atoms with van der Waals surface area (Å²) in [5, 5.41) is 11.4. The number of hydrogen-bond donors (Lipinski definition) is 3. The maximum Gasteiger partial charge on any atom is 0.411 e. The molecule has 2 aromatic heterocycles. The van der Waals surface area contributed by atoms with Crippen molar-refractivity contribution in [3.05, 3.63) is 30.0 Å². The van der Waals surface area contributed by atoms with Crippen molar-refractivity contribution in [3.8, 4) is 11.3 Å². The molecule has 3 aromatic rings. The molecule has 1 aromatic carbocycles. The monoisotopic (exact) mass is 508 g/mol. The smallest absolute Gasteiger partial charge is 0.411 e. The number of ether oxygens (including phenoxy) is 2. The number of aromatic amines is 1. The van der Waals surface area contributed by atoms with E-state index in [0.717, 1.165) is 35.2 Å². The van der Waals surface area contributed by atoms with Crippen molar-refractivity contribution in [2.45, 2.75) is 31.7 Å². The summed E-state index contributed by atoms with van der Waals surface area (Å²) in [6.45, 7) is 5.65. The Morgan fingerprint density at radius 3 is 2.49 bits per heavy atom. The van der Waals surface area contributed by atoms with Gasteiger partial charge in [0.2, 0.25) is 11.9 Å². The molecule has 12 nitrogen and oxygen atoms in total. The number of carbonyl (C=O) groups is 2. The Morgan fingerprint density at radius 2 is 1.84 bits per heavy atom. The fraction of sp³-hybridized carbons (Fsp3) is 0.480. The Hall–Kier alpha value is -3.77. The average Bonchev–Trinajstić information content (AvgIpc) is 3.37. The van der Waals surface area contributed by atoms with E-state index in [4.69, 9.17) is 20.4 Å².